The molecule has 1 aliphatic heterocycles. The van der Waals surface area contributed by atoms with Gasteiger partial charge < -0.3 is 14.3 Å². The lowest BCUT2D eigenvalue weighted by Crippen LogP contribution is -2.59. The van der Waals surface area contributed by atoms with Crippen LogP contribution in [0.3, 0.4) is 0 Å². The van der Waals surface area contributed by atoms with Crippen molar-refractivity contribution < 1.29 is 19.1 Å². The Balaban J connectivity index is 1.91. The van der Waals surface area contributed by atoms with Crippen molar-refractivity contribution in [2.75, 3.05) is 12.0 Å². The van der Waals surface area contributed by atoms with Gasteiger partial charge in [0.1, 0.15) is 17.6 Å². The van der Waals surface area contributed by atoms with Gasteiger partial charge >= 0.3 is 0 Å². The van der Waals surface area contributed by atoms with Crippen LogP contribution in [0.4, 0.5) is 5.69 Å². The quantitative estimate of drug-likeness (QED) is 0.853. The molecule has 1 aromatic heterocycles. The molecule has 1 N–H and O–H groups in total. The zero-order valence-corrected chi connectivity index (χ0v) is 10.3. The lowest BCUT2D eigenvalue weighted by molar-refractivity contribution is -0.137. The number of carbonyl (C=O) groups is 1. The van der Waals surface area contributed by atoms with Gasteiger partial charge in [-0.25, -0.2) is 0 Å². The van der Waals surface area contributed by atoms with Gasteiger partial charge in [-0.1, -0.05) is 0 Å². The van der Waals surface area contributed by atoms with Crippen molar-refractivity contribution in [2.45, 2.75) is 12.1 Å². The maximum absolute atomic E-state index is 11.8. The van der Waals surface area contributed by atoms with E-state index in [4.69, 9.17) is 9.15 Å². The average molecular weight is 259 g/mol. The highest BCUT2D eigenvalue weighted by Gasteiger charge is 2.49. The first kappa shape index (κ1) is 11.8. The summed E-state index contributed by atoms with van der Waals surface area (Å²) >= 11 is 0. The van der Waals surface area contributed by atoms with Crippen LogP contribution in [0.15, 0.2) is 47.1 Å². The monoisotopic (exact) mass is 259 g/mol. The van der Waals surface area contributed by atoms with Gasteiger partial charge in [0.2, 0.25) is 0 Å². The van der Waals surface area contributed by atoms with Crippen LogP contribution < -0.4 is 9.64 Å². The lowest BCUT2D eigenvalue weighted by atomic mass is 9.94. The molecule has 0 spiro atoms. The number of rotatable bonds is 3. The number of carbonyl (C=O) groups excluding carboxylic acids is 1. The summed E-state index contributed by atoms with van der Waals surface area (Å²) in [5, 5.41) is 9.80. The van der Waals surface area contributed by atoms with Crippen molar-refractivity contribution in [1.29, 1.82) is 0 Å². The van der Waals surface area contributed by atoms with Gasteiger partial charge in [0.15, 0.2) is 6.10 Å². The predicted molar refractivity (Wildman–Crippen MR) is 67.9 cm³/mol. The number of aliphatic hydroxyl groups excluding tert-OH is 1. The summed E-state index contributed by atoms with van der Waals surface area (Å²) < 4.78 is 10.4. The number of amides is 1. The normalized spacial score (nSPS) is 22.2. The number of β-lactam (4-membered cyclic amide) rings is 1. The third-order valence-corrected chi connectivity index (χ3v) is 3.25. The molecule has 19 heavy (non-hydrogen) atoms. The van der Waals surface area contributed by atoms with Gasteiger partial charge in [-0.2, -0.15) is 0 Å². The predicted octanol–water partition coefficient (Wildman–Crippen LogP) is 1.74. The molecule has 5 nitrogen and oxygen atoms in total. The van der Waals surface area contributed by atoms with Crippen LogP contribution in [0.25, 0.3) is 0 Å². The van der Waals surface area contributed by atoms with E-state index in [1.807, 2.05) is 0 Å². The first-order valence-electron chi connectivity index (χ1n) is 5.91. The second-order valence-electron chi connectivity index (χ2n) is 4.31. The minimum atomic E-state index is -1.05. The van der Waals surface area contributed by atoms with Crippen molar-refractivity contribution in [1.82, 2.24) is 0 Å². The average Bonchev–Trinajstić information content (AvgIpc) is 2.97. The number of benzene rings is 1. The highest BCUT2D eigenvalue weighted by Crippen LogP contribution is 2.39. The number of hydrogen-bond donors (Lipinski definition) is 1. The molecule has 1 aromatic carbocycles. The number of nitrogens with zero attached hydrogens (tertiary/aromatic N) is 1. The first-order chi connectivity index (χ1) is 9.22. The van der Waals surface area contributed by atoms with Crippen LogP contribution in [0, 0.1) is 0 Å². The molecule has 1 amide bonds. The number of anilines is 1. The van der Waals surface area contributed by atoms with Crippen molar-refractivity contribution in [3.63, 3.8) is 0 Å². The van der Waals surface area contributed by atoms with E-state index in [-0.39, 0.29) is 5.91 Å². The summed E-state index contributed by atoms with van der Waals surface area (Å²) in [6, 6.07) is 10.1. The molecule has 2 atom stereocenters. The molecule has 2 aromatic rings. The molecule has 0 aliphatic carbocycles. The number of furan rings is 1. The number of ether oxygens (including phenoxy) is 1. The van der Waals surface area contributed by atoms with E-state index in [1.165, 1.54) is 11.2 Å². The van der Waals surface area contributed by atoms with Crippen LogP contribution in [-0.4, -0.2) is 24.2 Å². The molecular weight excluding hydrogens is 246 g/mol. The van der Waals surface area contributed by atoms with Crippen molar-refractivity contribution in [2.24, 2.45) is 0 Å². The Morgan fingerprint density at radius 2 is 2.00 bits per heavy atom. The molecular formula is C14H13NO4. The minimum absolute atomic E-state index is 0.327. The van der Waals surface area contributed by atoms with Crippen LogP contribution in [0.2, 0.25) is 0 Å². The summed E-state index contributed by atoms with van der Waals surface area (Å²) in [5.74, 6) is 0.960. The van der Waals surface area contributed by atoms with Crippen molar-refractivity contribution in [3.8, 4) is 5.75 Å². The van der Waals surface area contributed by atoms with Crippen LogP contribution in [0.1, 0.15) is 11.8 Å². The maximum Gasteiger partial charge on any atom is 0.259 e. The summed E-state index contributed by atoms with van der Waals surface area (Å²) in [4.78, 5) is 13.3. The Kier molecular flexibility index (Phi) is 2.76. The standard InChI is InChI=1S/C14H13NO4/c1-18-10-6-4-9(5-7-10)15-12(13(16)14(15)17)11-3-2-8-19-11/h2-8,12-13,16H,1H3/t12-,13+/m0/s1. The van der Waals surface area contributed by atoms with E-state index in [9.17, 15) is 9.90 Å². The largest absolute Gasteiger partial charge is 0.497 e. The molecule has 0 bridgehead atoms. The fraction of sp³-hybridized carbons (Fsp3) is 0.214. The molecule has 5 heteroatoms. The van der Waals surface area contributed by atoms with Crippen LogP contribution in [0.5, 0.6) is 5.75 Å². The number of hydrogen-bond acceptors (Lipinski definition) is 4. The van der Waals surface area contributed by atoms with E-state index in [1.54, 1.807) is 43.5 Å². The topological polar surface area (TPSA) is 62.9 Å². The van der Waals surface area contributed by atoms with E-state index in [0.29, 0.717) is 17.2 Å². The molecule has 0 unspecified atom stereocenters. The van der Waals surface area contributed by atoms with Crippen molar-refractivity contribution >= 4 is 11.6 Å². The summed E-state index contributed by atoms with van der Waals surface area (Å²) in [5.41, 5.74) is 0.706. The minimum Gasteiger partial charge on any atom is -0.497 e. The Hall–Kier alpha value is -2.27. The molecule has 1 aliphatic rings. The van der Waals surface area contributed by atoms with Gasteiger partial charge in [-0.15, -0.1) is 0 Å². The van der Waals surface area contributed by atoms with E-state index >= 15 is 0 Å². The molecule has 98 valence electrons. The molecule has 3 rings (SSSR count). The molecule has 1 fully saturated rings. The van der Waals surface area contributed by atoms with Gasteiger partial charge in [-0.05, 0) is 36.4 Å². The van der Waals surface area contributed by atoms with E-state index in [2.05, 4.69) is 0 Å². The molecule has 0 saturated carbocycles. The van der Waals surface area contributed by atoms with Gasteiger partial charge in [0.25, 0.3) is 5.91 Å². The maximum atomic E-state index is 11.8. The lowest BCUT2D eigenvalue weighted by Gasteiger charge is -2.43. The molecule has 2 heterocycles. The molecule has 1 saturated heterocycles. The Morgan fingerprint density at radius 1 is 1.26 bits per heavy atom. The van der Waals surface area contributed by atoms with Gasteiger partial charge in [0.05, 0.1) is 13.4 Å². The Bertz CT molecular complexity index is 576. The van der Waals surface area contributed by atoms with Crippen LogP contribution in [-0.2, 0) is 4.79 Å². The summed E-state index contributed by atoms with van der Waals surface area (Å²) in [6.45, 7) is 0. The SMILES string of the molecule is COc1ccc(N2C(=O)[C@H](O)[C@@H]2c2ccco2)cc1. The van der Waals surface area contributed by atoms with Crippen molar-refractivity contribution in [3.05, 3.63) is 48.4 Å². The second kappa shape index (κ2) is 4.44. The first-order valence-corrected chi connectivity index (χ1v) is 5.91. The third-order valence-electron chi connectivity index (χ3n) is 3.25. The van der Waals surface area contributed by atoms with Gasteiger partial charge in [0, 0.05) is 5.69 Å². The zero-order valence-electron chi connectivity index (χ0n) is 10.3. The zero-order chi connectivity index (χ0) is 13.4. The number of methoxy groups -OCH3 is 1. The van der Waals surface area contributed by atoms with E-state index < -0.39 is 12.1 Å². The van der Waals surface area contributed by atoms with E-state index in [0.717, 1.165) is 0 Å². The smallest absolute Gasteiger partial charge is 0.259 e. The molecule has 0 radical (unpaired) electrons. The summed E-state index contributed by atoms with van der Waals surface area (Å²) in [7, 11) is 1.58. The highest BCUT2D eigenvalue weighted by atomic mass is 16.5. The Morgan fingerprint density at radius 3 is 2.58 bits per heavy atom. The number of aliphatic hydroxyl groups is 1. The van der Waals surface area contributed by atoms with Gasteiger partial charge in [-0.3, -0.25) is 9.69 Å². The van der Waals surface area contributed by atoms with Crippen LogP contribution >= 0.6 is 0 Å². The summed E-state index contributed by atoms with van der Waals surface area (Å²) in [6.07, 6.45) is 0.477. The second-order valence-corrected chi connectivity index (χ2v) is 4.31. The highest BCUT2D eigenvalue weighted by molar-refractivity contribution is 6.04. The third kappa shape index (κ3) is 1.79. The fourth-order valence-electron chi connectivity index (χ4n) is 2.25. The Labute approximate surface area is 110 Å². The fourth-order valence-corrected chi connectivity index (χ4v) is 2.25.